The standard InChI is InChI=1S/C14H17Cl2N5/c1-12-2-4-13(5-3-12)21-14(17-18-19-21)6-9-20(10-7-15)11-8-16/h2-6,9H,7-8,10-11H2,1H3/b9-6-. The van der Waals surface area contributed by atoms with E-state index in [1.165, 1.54) is 5.56 Å². The predicted octanol–water partition coefficient (Wildman–Crippen LogP) is 2.72. The SMILES string of the molecule is Cc1ccc(-n2nnnc2/C=C\N(CCCl)CCCl)cc1. The fourth-order valence-electron chi connectivity index (χ4n) is 1.82. The predicted molar refractivity (Wildman–Crippen MR) is 85.9 cm³/mol. The molecule has 0 fully saturated rings. The summed E-state index contributed by atoms with van der Waals surface area (Å²) in [7, 11) is 0. The summed E-state index contributed by atoms with van der Waals surface area (Å²) in [5.74, 6) is 1.75. The van der Waals surface area contributed by atoms with Gasteiger partial charge in [-0.25, -0.2) is 0 Å². The normalized spacial score (nSPS) is 11.2. The topological polar surface area (TPSA) is 46.8 Å². The number of hydrogen-bond acceptors (Lipinski definition) is 4. The van der Waals surface area contributed by atoms with Crippen LogP contribution in [0.15, 0.2) is 30.5 Å². The first kappa shape index (κ1) is 15.8. The molecular formula is C14H17Cl2N5. The molecule has 1 heterocycles. The molecule has 112 valence electrons. The van der Waals surface area contributed by atoms with E-state index in [2.05, 4.69) is 15.5 Å². The van der Waals surface area contributed by atoms with Crippen LogP contribution in [0.2, 0.25) is 0 Å². The molecule has 2 rings (SSSR count). The Morgan fingerprint density at radius 2 is 1.81 bits per heavy atom. The second-order valence-electron chi connectivity index (χ2n) is 4.51. The van der Waals surface area contributed by atoms with Crippen molar-refractivity contribution in [3.63, 3.8) is 0 Å². The lowest BCUT2D eigenvalue weighted by Gasteiger charge is -2.16. The second kappa shape index (κ2) is 8.00. The summed E-state index contributed by atoms with van der Waals surface area (Å²) < 4.78 is 1.69. The summed E-state index contributed by atoms with van der Waals surface area (Å²) in [4.78, 5) is 2.04. The molecule has 0 aliphatic rings. The molecule has 2 aromatic rings. The minimum atomic E-state index is 0.546. The van der Waals surface area contributed by atoms with Crippen molar-refractivity contribution in [3.8, 4) is 5.69 Å². The molecule has 0 saturated heterocycles. The van der Waals surface area contributed by atoms with Crippen molar-refractivity contribution >= 4 is 29.3 Å². The summed E-state index contributed by atoms with van der Waals surface area (Å²) in [5, 5.41) is 11.8. The van der Waals surface area contributed by atoms with E-state index in [9.17, 15) is 0 Å². The van der Waals surface area contributed by atoms with Crippen LogP contribution >= 0.6 is 23.2 Å². The fourth-order valence-corrected chi connectivity index (χ4v) is 2.25. The number of benzene rings is 1. The molecule has 0 unspecified atom stereocenters. The van der Waals surface area contributed by atoms with E-state index in [0.717, 1.165) is 18.8 Å². The van der Waals surface area contributed by atoms with Gasteiger partial charge in [0, 0.05) is 37.1 Å². The van der Waals surface area contributed by atoms with Crippen LogP contribution in [-0.2, 0) is 0 Å². The number of halogens is 2. The molecule has 0 amide bonds. The number of hydrogen-bond donors (Lipinski definition) is 0. The minimum absolute atomic E-state index is 0.546. The van der Waals surface area contributed by atoms with Crippen LogP contribution in [0.1, 0.15) is 11.4 Å². The molecule has 0 saturated carbocycles. The lowest BCUT2D eigenvalue weighted by atomic mass is 10.2. The van der Waals surface area contributed by atoms with Gasteiger partial charge in [-0.05, 0) is 29.5 Å². The van der Waals surface area contributed by atoms with Gasteiger partial charge in [0.05, 0.1) is 5.69 Å². The van der Waals surface area contributed by atoms with Gasteiger partial charge in [0.2, 0.25) is 0 Å². The summed E-state index contributed by atoms with van der Waals surface area (Å²) in [6.07, 6.45) is 3.78. The number of rotatable bonds is 7. The first-order valence-corrected chi connectivity index (χ1v) is 7.71. The highest BCUT2D eigenvalue weighted by Crippen LogP contribution is 2.10. The number of tetrazole rings is 1. The van der Waals surface area contributed by atoms with Gasteiger partial charge in [-0.2, -0.15) is 4.68 Å². The summed E-state index contributed by atoms with van der Waals surface area (Å²) in [6, 6.07) is 8.02. The summed E-state index contributed by atoms with van der Waals surface area (Å²) >= 11 is 11.5. The van der Waals surface area contributed by atoms with Gasteiger partial charge < -0.3 is 4.90 Å². The molecule has 0 radical (unpaired) electrons. The van der Waals surface area contributed by atoms with Crippen LogP contribution in [0.5, 0.6) is 0 Å². The molecule has 0 bridgehead atoms. The van der Waals surface area contributed by atoms with Crippen molar-refractivity contribution in [2.75, 3.05) is 24.8 Å². The number of nitrogens with zero attached hydrogens (tertiary/aromatic N) is 5. The summed E-state index contributed by atoms with van der Waals surface area (Å²) in [5.41, 5.74) is 2.12. The van der Waals surface area contributed by atoms with E-state index in [0.29, 0.717) is 17.6 Å². The first-order valence-electron chi connectivity index (χ1n) is 6.64. The fraction of sp³-hybridized carbons (Fsp3) is 0.357. The number of aromatic nitrogens is 4. The largest absolute Gasteiger partial charge is 0.375 e. The van der Waals surface area contributed by atoms with Crippen molar-refractivity contribution in [2.45, 2.75) is 6.92 Å². The molecular weight excluding hydrogens is 309 g/mol. The van der Waals surface area contributed by atoms with E-state index < -0.39 is 0 Å². The van der Waals surface area contributed by atoms with Gasteiger partial charge in [0.15, 0.2) is 5.82 Å². The average Bonchev–Trinajstić information content (AvgIpc) is 2.94. The molecule has 0 atom stereocenters. The second-order valence-corrected chi connectivity index (χ2v) is 5.27. The highest BCUT2D eigenvalue weighted by Gasteiger charge is 2.05. The van der Waals surface area contributed by atoms with Gasteiger partial charge in [-0.1, -0.05) is 17.7 Å². The third-order valence-corrected chi connectivity index (χ3v) is 3.29. The van der Waals surface area contributed by atoms with Crippen molar-refractivity contribution in [1.82, 2.24) is 25.1 Å². The van der Waals surface area contributed by atoms with E-state index in [4.69, 9.17) is 23.2 Å². The Balaban J connectivity index is 2.18. The molecule has 1 aromatic heterocycles. The van der Waals surface area contributed by atoms with Crippen LogP contribution < -0.4 is 0 Å². The van der Waals surface area contributed by atoms with Crippen molar-refractivity contribution in [1.29, 1.82) is 0 Å². The third kappa shape index (κ3) is 4.44. The van der Waals surface area contributed by atoms with Gasteiger partial charge in [0.1, 0.15) is 0 Å². The Bertz CT molecular complexity index is 573. The van der Waals surface area contributed by atoms with Crippen LogP contribution in [0.3, 0.4) is 0 Å². The van der Waals surface area contributed by atoms with E-state index in [1.807, 2.05) is 48.4 Å². The molecule has 0 aliphatic carbocycles. The zero-order valence-electron chi connectivity index (χ0n) is 11.8. The van der Waals surface area contributed by atoms with E-state index in [-0.39, 0.29) is 0 Å². The molecule has 0 spiro atoms. The molecule has 0 N–H and O–H groups in total. The highest BCUT2D eigenvalue weighted by atomic mass is 35.5. The molecule has 5 nitrogen and oxygen atoms in total. The molecule has 1 aromatic carbocycles. The number of alkyl halides is 2. The Morgan fingerprint density at radius 1 is 1.14 bits per heavy atom. The quantitative estimate of drug-likeness (QED) is 0.734. The third-order valence-electron chi connectivity index (χ3n) is 2.95. The number of aryl methyl sites for hydroxylation is 1. The zero-order chi connectivity index (χ0) is 15.1. The van der Waals surface area contributed by atoms with Gasteiger partial charge in [-0.15, -0.1) is 28.3 Å². The van der Waals surface area contributed by atoms with Gasteiger partial charge in [-0.3, -0.25) is 0 Å². The lowest BCUT2D eigenvalue weighted by Crippen LogP contribution is -2.21. The Kier molecular flexibility index (Phi) is 6.02. The Hall–Kier alpha value is -1.59. The van der Waals surface area contributed by atoms with Crippen molar-refractivity contribution in [3.05, 3.63) is 41.9 Å². The Labute approximate surface area is 134 Å². The minimum Gasteiger partial charge on any atom is -0.375 e. The van der Waals surface area contributed by atoms with Gasteiger partial charge >= 0.3 is 0 Å². The maximum Gasteiger partial charge on any atom is 0.181 e. The lowest BCUT2D eigenvalue weighted by molar-refractivity contribution is 0.426. The monoisotopic (exact) mass is 325 g/mol. The highest BCUT2D eigenvalue weighted by molar-refractivity contribution is 6.18. The summed E-state index contributed by atoms with van der Waals surface area (Å²) in [6.45, 7) is 3.51. The Morgan fingerprint density at radius 3 is 2.43 bits per heavy atom. The maximum atomic E-state index is 5.77. The van der Waals surface area contributed by atoms with E-state index in [1.54, 1.807) is 4.68 Å². The zero-order valence-corrected chi connectivity index (χ0v) is 13.3. The molecule has 7 heteroatoms. The van der Waals surface area contributed by atoms with Crippen LogP contribution in [0.4, 0.5) is 0 Å². The average molecular weight is 326 g/mol. The molecule has 0 aliphatic heterocycles. The molecule has 21 heavy (non-hydrogen) atoms. The maximum absolute atomic E-state index is 5.77. The van der Waals surface area contributed by atoms with Crippen LogP contribution in [0.25, 0.3) is 11.8 Å². The smallest absolute Gasteiger partial charge is 0.181 e. The van der Waals surface area contributed by atoms with Gasteiger partial charge in [0.25, 0.3) is 0 Å². The first-order chi connectivity index (χ1) is 10.2. The van der Waals surface area contributed by atoms with Crippen molar-refractivity contribution in [2.24, 2.45) is 0 Å². The van der Waals surface area contributed by atoms with Crippen LogP contribution in [-0.4, -0.2) is 50.0 Å². The van der Waals surface area contributed by atoms with E-state index >= 15 is 0 Å². The van der Waals surface area contributed by atoms with Crippen molar-refractivity contribution < 1.29 is 0 Å². The van der Waals surface area contributed by atoms with Crippen LogP contribution in [0, 0.1) is 6.92 Å².